The van der Waals surface area contributed by atoms with E-state index in [9.17, 15) is 14.0 Å². The highest BCUT2D eigenvalue weighted by Crippen LogP contribution is 2.34. The molecular formula is C26H33FN4O3. The van der Waals surface area contributed by atoms with Crippen LogP contribution in [0.5, 0.6) is 0 Å². The first-order valence-corrected chi connectivity index (χ1v) is 11.9. The molecule has 7 nitrogen and oxygen atoms in total. The van der Waals surface area contributed by atoms with Crippen LogP contribution in [0.15, 0.2) is 30.5 Å². The van der Waals surface area contributed by atoms with Gasteiger partial charge in [0.15, 0.2) is 0 Å². The van der Waals surface area contributed by atoms with E-state index in [1.165, 1.54) is 12.1 Å². The number of anilines is 2. The topological polar surface area (TPSA) is 74.8 Å². The number of carbonyl (C=O) groups excluding carboxylic acids is 2. The van der Waals surface area contributed by atoms with Gasteiger partial charge in [-0.05, 0) is 60.9 Å². The number of methoxy groups -OCH3 is 1. The quantitative estimate of drug-likeness (QED) is 0.650. The highest BCUT2D eigenvalue weighted by Gasteiger charge is 2.29. The summed E-state index contributed by atoms with van der Waals surface area (Å²) in [6, 6.07) is 6.54. The number of fused-ring (bicyclic) bond motifs is 1. The fourth-order valence-corrected chi connectivity index (χ4v) is 4.55. The highest BCUT2D eigenvalue weighted by molar-refractivity contribution is 5.95. The highest BCUT2D eigenvalue weighted by atomic mass is 19.1. The van der Waals surface area contributed by atoms with Crippen molar-refractivity contribution in [3.8, 4) is 0 Å². The van der Waals surface area contributed by atoms with Crippen LogP contribution in [0.4, 0.5) is 15.9 Å². The summed E-state index contributed by atoms with van der Waals surface area (Å²) in [5.74, 6) is -0.293. The molecule has 8 heteroatoms. The third-order valence-electron chi connectivity index (χ3n) is 6.78. The van der Waals surface area contributed by atoms with Gasteiger partial charge in [0, 0.05) is 45.2 Å². The molecule has 2 amide bonds. The Labute approximate surface area is 200 Å². The molecule has 0 radical (unpaired) electrons. The van der Waals surface area contributed by atoms with Crippen LogP contribution in [0.3, 0.4) is 0 Å². The van der Waals surface area contributed by atoms with Gasteiger partial charge in [-0.3, -0.25) is 9.59 Å². The molecule has 34 heavy (non-hydrogen) atoms. The third-order valence-corrected chi connectivity index (χ3v) is 6.78. The van der Waals surface area contributed by atoms with Gasteiger partial charge < -0.3 is 19.9 Å². The summed E-state index contributed by atoms with van der Waals surface area (Å²) < 4.78 is 19.7. The van der Waals surface area contributed by atoms with Crippen LogP contribution in [-0.2, 0) is 11.2 Å². The predicted octanol–water partition coefficient (Wildman–Crippen LogP) is 3.94. The van der Waals surface area contributed by atoms with Crippen molar-refractivity contribution in [3.63, 3.8) is 0 Å². The summed E-state index contributed by atoms with van der Waals surface area (Å²) in [6.07, 6.45) is 5.31. The van der Waals surface area contributed by atoms with E-state index in [0.717, 1.165) is 50.2 Å². The number of hydrogen-bond acceptors (Lipinski definition) is 5. The number of rotatable bonds is 6. The van der Waals surface area contributed by atoms with Crippen LogP contribution in [0.1, 0.15) is 59.4 Å². The van der Waals surface area contributed by atoms with E-state index in [1.807, 2.05) is 15.9 Å². The normalized spacial score (nSPS) is 17.3. The molecule has 1 aromatic carbocycles. The minimum Gasteiger partial charge on any atom is -0.383 e. The second-order valence-corrected chi connectivity index (χ2v) is 9.83. The number of aromatic nitrogens is 1. The third kappa shape index (κ3) is 5.22. The molecule has 2 aliphatic heterocycles. The number of pyridine rings is 1. The minimum atomic E-state index is -0.584. The summed E-state index contributed by atoms with van der Waals surface area (Å²) >= 11 is 0. The first-order chi connectivity index (χ1) is 16.3. The summed E-state index contributed by atoms with van der Waals surface area (Å²) in [7, 11) is 1.54. The molecule has 4 rings (SSSR count). The molecule has 0 unspecified atom stereocenters. The molecule has 1 aromatic heterocycles. The van der Waals surface area contributed by atoms with E-state index < -0.39 is 11.7 Å². The van der Waals surface area contributed by atoms with E-state index in [1.54, 1.807) is 19.4 Å². The molecular weight excluding hydrogens is 435 g/mol. The van der Waals surface area contributed by atoms with Crippen molar-refractivity contribution in [2.24, 2.45) is 5.41 Å². The van der Waals surface area contributed by atoms with Gasteiger partial charge in [-0.15, -0.1) is 0 Å². The van der Waals surface area contributed by atoms with Crippen molar-refractivity contribution < 1.29 is 18.7 Å². The van der Waals surface area contributed by atoms with Crippen molar-refractivity contribution in [2.45, 2.75) is 39.5 Å². The Morgan fingerprint density at radius 2 is 1.94 bits per heavy atom. The standard InChI is InChI=1S/C26H33FN4O3/c1-26(2)8-12-30(13-9-26)25(33)19-15-18-5-4-11-31(23(18)29-17-19)20-6-7-21(22(27)16-20)24(32)28-10-14-34-3/h6-7,15-17H,4-5,8-14H2,1-3H3,(H,28,32). The van der Waals surface area contributed by atoms with Crippen molar-refractivity contribution in [3.05, 3.63) is 53.0 Å². The molecule has 0 aliphatic carbocycles. The Kier molecular flexibility index (Phi) is 7.16. The van der Waals surface area contributed by atoms with Gasteiger partial charge in [0.05, 0.1) is 17.7 Å². The molecule has 0 spiro atoms. The van der Waals surface area contributed by atoms with Crippen LogP contribution in [0.25, 0.3) is 0 Å². The van der Waals surface area contributed by atoms with Crippen LogP contribution in [0.2, 0.25) is 0 Å². The fourth-order valence-electron chi connectivity index (χ4n) is 4.55. The molecule has 1 fully saturated rings. The number of nitrogens with one attached hydrogen (secondary N) is 1. The Morgan fingerprint density at radius 3 is 2.65 bits per heavy atom. The number of halogens is 1. The maximum atomic E-state index is 14.8. The number of benzene rings is 1. The zero-order valence-electron chi connectivity index (χ0n) is 20.2. The lowest BCUT2D eigenvalue weighted by atomic mass is 9.82. The largest absolute Gasteiger partial charge is 0.383 e. The monoisotopic (exact) mass is 468 g/mol. The zero-order valence-corrected chi connectivity index (χ0v) is 20.2. The van der Waals surface area contributed by atoms with Gasteiger partial charge in [-0.25, -0.2) is 9.37 Å². The van der Waals surface area contributed by atoms with E-state index >= 15 is 0 Å². The molecule has 0 saturated carbocycles. The lowest BCUT2D eigenvalue weighted by Gasteiger charge is -2.37. The smallest absolute Gasteiger partial charge is 0.255 e. The Bertz CT molecular complexity index is 1060. The maximum Gasteiger partial charge on any atom is 0.255 e. The van der Waals surface area contributed by atoms with Gasteiger partial charge in [0.2, 0.25) is 0 Å². The number of hydrogen-bond donors (Lipinski definition) is 1. The Morgan fingerprint density at radius 1 is 1.18 bits per heavy atom. The molecule has 0 atom stereocenters. The van der Waals surface area contributed by atoms with E-state index in [2.05, 4.69) is 24.1 Å². The summed E-state index contributed by atoms with van der Waals surface area (Å²) in [6.45, 7) is 7.38. The van der Waals surface area contributed by atoms with Gasteiger partial charge in [0.25, 0.3) is 11.8 Å². The zero-order chi connectivity index (χ0) is 24.3. The van der Waals surface area contributed by atoms with E-state index in [-0.39, 0.29) is 16.9 Å². The number of amides is 2. The molecule has 1 N–H and O–H groups in total. The van der Waals surface area contributed by atoms with Crippen LogP contribution in [0, 0.1) is 11.2 Å². The second-order valence-electron chi connectivity index (χ2n) is 9.83. The van der Waals surface area contributed by atoms with Crippen LogP contribution < -0.4 is 10.2 Å². The summed E-state index contributed by atoms with van der Waals surface area (Å²) in [4.78, 5) is 33.8. The lowest BCUT2D eigenvalue weighted by Crippen LogP contribution is -2.41. The number of nitrogens with zero attached hydrogens (tertiary/aromatic N) is 3. The number of ether oxygens (including phenoxy) is 1. The van der Waals surface area contributed by atoms with Crippen molar-refractivity contribution >= 4 is 23.3 Å². The lowest BCUT2D eigenvalue weighted by molar-refractivity contribution is 0.0629. The molecule has 0 bridgehead atoms. The molecule has 1 saturated heterocycles. The van der Waals surface area contributed by atoms with Crippen molar-refractivity contribution in [2.75, 3.05) is 44.8 Å². The number of aryl methyl sites for hydroxylation is 1. The van der Waals surface area contributed by atoms with Crippen LogP contribution in [-0.4, -0.2) is 61.6 Å². The van der Waals surface area contributed by atoms with Gasteiger partial charge >= 0.3 is 0 Å². The van der Waals surface area contributed by atoms with Crippen molar-refractivity contribution in [1.82, 2.24) is 15.2 Å². The van der Waals surface area contributed by atoms with E-state index in [4.69, 9.17) is 4.74 Å². The fraction of sp³-hybridized carbons (Fsp3) is 0.500. The minimum absolute atomic E-state index is 0.00398. The average Bonchev–Trinajstić information content (AvgIpc) is 2.83. The summed E-state index contributed by atoms with van der Waals surface area (Å²) in [5, 5.41) is 2.64. The van der Waals surface area contributed by atoms with Gasteiger partial charge in [-0.2, -0.15) is 0 Å². The first-order valence-electron chi connectivity index (χ1n) is 11.9. The van der Waals surface area contributed by atoms with E-state index in [0.29, 0.717) is 30.9 Å². The Hall–Kier alpha value is -3.00. The second kappa shape index (κ2) is 10.1. The molecule has 2 aromatic rings. The van der Waals surface area contributed by atoms with Gasteiger partial charge in [0.1, 0.15) is 11.6 Å². The first kappa shape index (κ1) is 24.1. The maximum absolute atomic E-state index is 14.8. The van der Waals surface area contributed by atoms with Crippen molar-refractivity contribution in [1.29, 1.82) is 0 Å². The molecule has 3 heterocycles. The predicted molar refractivity (Wildman–Crippen MR) is 129 cm³/mol. The van der Waals surface area contributed by atoms with Gasteiger partial charge in [-0.1, -0.05) is 13.8 Å². The van der Waals surface area contributed by atoms with Crippen LogP contribution >= 0.6 is 0 Å². The number of carbonyl (C=O) groups is 2. The SMILES string of the molecule is COCCNC(=O)c1ccc(N2CCCc3cc(C(=O)N4CCC(C)(C)CC4)cnc32)cc1F. The molecule has 182 valence electrons. The Balaban J connectivity index is 1.51. The number of likely N-dealkylation sites (tertiary alicyclic amines) is 1. The molecule has 2 aliphatic rings. The number of piperidine rings is 1. The average molecular weight is 469 g/mol. The summed E-state index contributed by atoms with van der Waals surface area (Å²) in [5.41, 5.74) is 2.50.